The molecule has 1 unspecified atom stereocenters. The highest BCUT2D eigenvalue weighted by Crippen LogP contribution is 2.43. The van der Waals surface area contributed by atoms with Gasteiger partial charge in [0.25, 0.3) is 5.91 Å². The molecule has 1 aliphatic heterocycles. The van der Waals surface area contributed by atoms with Crippen LogP contribution in [0.2, 0.25) is 0 Å². The van der Waals surface area contributed by atoms with E-state index in [1.54, 1.807) is 24.8 Å². The van der Waals surface area contributed by atoms with E-state index in [0.29, 0.717) is 5.76 Å². The number of carbonyl (C=O) groups excluding carboxylic acids is 2. The Hall–Kier alpha value is -2.04. The standard InChI is InChI=1S/C18H23NO4/c1-10(2)16(20)14-15(13-9-8-11(3)23-13)19(18(22)17(14)21)12-6-4-5-7-12/h8-10,12,15,21H,4-7H2,1-3H3. The number of hydrogen-bond donors (Lipinski definition) is 1. The van der Waals surface area contributed by atoms with Gasteiger partial charge in [0.05, 0.1) is 5.57 Å². The van der Waals surface area contributed by atoms with Gasteiger partial charge in [-0.1, -0.05) is 26.7 Å². The first-order chi connectivity index (χ1) is 10.9. The normalized spacial score (nSPS) is 22.7. The van der Waals surface area contributed by atoms with Gasteiger partial charge in [0.1, 0.15) is 17.6 Å². The third-order valence-corrected chi connectivity index (χ3v) is 4.78. The Bertz CT molecular complexity index is 664. The summed E-state index contributed by atoms with van der Waals surface area (Å²) in [6.45, 7) is 5.37. The van der Waals surface area contributed by atoms with Gasteiger partial charge in [0.2, 0.25) is 0 Å². The molecule has 23 heavy (non-hydrogen) atoms. The lowest BCUT2D eigenvalue weighted by molar-refractivity contribution is -0.132. The van der Waals surface area contributed by atoms with Crippen LogP contribution < -0.4 is 0 Å². The number of amides is 1. The maximum absolute atomic E-state index is 12.6. The van der Waals surface area contributed by atoms with Crippen molar-refractivity contribution in [2.45, 2.75) is 58.5 Å². The Morgan fingerprint density at radius 3 is 2.48 bits per heavy atom. The fourth-order valence-corrected chi connectivity index (χ4v) is 3.62. The molecule has 0 saturated heterocycles. The fourth-order valence-electron chi connectivity index (χ4n) is 3.62. The van der Waals surface area contributed by atoms with Crippen LogP contribution in [0, 0.1) is 12.8 Å². The van der Waals surface area contributed by atoms with Gasteiger partial charge in [-0.05, 0) is 31.9 Å². The third kappa shape index (κ3) is 2.58. The first-order valence-corrected chi connectivity index (χ1v) is 8.28. The second kappa shape index (κ2) is 5.87. The summed E-state index contributed by atoms with van der Waals surface area (Å²) in [6.07, 6.45) is 3.93. The quantitative estimate of drug-likeness (QED) is 0.923. The maximum atomic E-state index is 12.6. The van der Waals surface area contributed by atoms with E-state index in [4.69, 9.17) is 4.42 Å². The lowest BCUT2D eigenvalue weighted by Gasteiger charge is -2.30. The van der Waals surface area contributed by atoms with Crippen molar-refractivity contribution in [3.8, 4) is 0 Å². The molecule has 1 N–H and O–H groups in total. The summed E-state index contributed by atoms with van der Waals surface area (Å²) in [5, 5.41) is 10.4. The first kappa shape index (κ1) is 15.8. The van der Waals surface area contributed by atoms with Gasteiger partial charge in [-0.3, -0.25) is 9.59 Å². The summed E-state index contributed by atoms with van der Waals surface area (Å²) in [5.41, 5.74) is 0.186. The van der Waals surface area contributed by atoms with E-state index >= 15 is 0 Å². The van der Waals surface area contributed by atoms with Crippen LogP contribution in [-0.4, -0.2) is 27.7 Å². The number of rotatable bonds is 4. The van der Waals surface area contributed by atoms with Crippen molar-refractivity contribution in [2.24, 2.45) is 5.92 Å². The van der Waals surface area contributed by atoms with Crippen LogP contribution in [-0.2, 0) is 9.59 Å². The number of hydrogen-bond acceptors (Lipinski definition) is 4. The number of ketones is 1. The lowest BCUT2D eigenvalue weighted by atomic mass is 9.94. The van der Waals surface area contributed by atoms with E-state index in [0.717, 1.165) is 31.4 Å². The molecule has 1 saturated carbocycles. The highest BCUT2D eigenvalue weighted by atomic mass is 16.3. The highest BCUT2D eigenvalue weighted by Gasteiger charge is 2.48. The number of carbonyl (C=O) groups is 2. The largest absolute Gasteiger partial charge is 0.503 e. The minimum atomic E-state index is -0.603. The minimum Gasteiger partial charge on any atom is -0.503 e. The zero-order valence-electron chi connectivity index (χ0n) is 13.8. The van der Waals surface area contributed by atoms with Crippen molar-refractivity contribution < 1.29 is 19.1 Å². The molecule has 5 heteroatoms. The van der Waals surface area contributed by atoms with E-state index in [1.165, 1.54) is 0 Å². The van der Waals surface area contributed by atoms with Crippen LogP contribution in [0.5, 0.6) is 0 Å². The van der Waals surface area contributed by atoms with Crippen molar-refractivity contribution in [1.29, 1.82) is 0 Å². The Balaban J connectivity index is 2.08. The van der Waals surface area contributed by atoms with Crippen molar-refractivity contribution in [2.75, 3.05) is 0 Å². The topological polar surface area (TPSA) is 70.8 Å². The average molecular weight is 317 g/mol. The molecule has 0 bridgehead atoms. The summed E-state index contributed by atoms with van der Waals surface area (Å²) in [5.74, 6) is -0.0654. The molecule has 5 nitrogen and oxygen atoms in total. The van der Waals surface area contributed by atoms with E-state index < -0.39 is 17.7 Å². The van der Waals surface area contributed by atoms with Crippen LogP contribution in [0.4, 0.5) is 0 Å². The van der Waals surface area contributed by atoms with Crippen LogP contribution in [0.3, 0.4) is 0 Å². The third-order valence-electron chi connectivity index (χ3n) is 4.78. The first-order valence-electron chi connectivity index (χ1n) is 8.28. The summed E-state index contributed by atoms with van der Waals surface area (Å²) in [4.78, 5) is 26.9. The second-order valence-corrected chi connectivity index (χ2v) is 6.78. The van der Waals surface area contributed by atoms with Gasteiger partial charge in [0.15, 0.2) is 11.5 Å². The fraction of sp³-hybridized carbons (Fsp3) is 0.556. The van der Waals surface area contributed by atoms with Crippen LogP contribution in [0.25, 0.3) is 0 Å². The Morgan fingerprint density at radius 2 is 1.96 bits per heavy atom. The zero-order valence-corrected chi connectivity index (χ0v) is 13.8. The van der Waals surface area contributed by atoms with Gasteiger partial charge >= 0.3 is 0 Å². The highest BCUT2D eigenvalue weighted by molar-refractivity contribution is 6.09. The van der Waals surface area contributed by atoms with Crippen molar-refractivity contribution in [3.05, 3.63) is 35.0 Å². The molecule has 1 aliphatic carbocycles. The molecule has 1 aromatic rings. The minimum absolute atomic E-state index is 0.0533. The zero-order chi connectivity index (χ0) is 16.7. The predicted molar refractivity (Wildman–Crippen MR) is 84.8 cm³/mol. The molecular weight excluding hydrogens is 294 g/mol. The van der Waals surface area contributed by atoms with Gasteiger partial charge in [0, 0.05) is 12.0 Å². The number of aryl methyl sites for hydroxylation is 1. The molecule has 0 aromatic carbocycles. The smallest absolute Gasteiger partial charge is 0.290 e. The molecule has 2 heterocycles. The Labute approximate surface area is 136 Å². The van der Waals surface area contributed by atoms with E-state index in [9.17, 15) is 14.7 Å². The lowest BCUT2D eigenvalue weighted by Crippen LogP contribution is -2.38. The second-order valence-electron chi connectivity index (χ2n) is 6.78. The Kier molecular flexibility index (Phi) is 4.04. The van der Waals surface area contributed by atoms with Crippen LogP contribution >= 0.6 is 0 Å². The molecular formula is C18H23NO4. The number of Topliss-reactive ketones (excluding diaryl/α,β-unsaturated/α-hetero) is 1. The maximum Gasteiger partial charge on any atom is 0.290 e. The SMILES string of the molecule is Cc1ccc(C2C(C(=O)C(C)C)=C(O)C(=O)N2C2CCCC2)o1. The van der Waals surface area contributed by atoms with E-state index in [1.807, 2.05) is 13.0 Å². The van der Waals surface area contributed by atoms with Crippen LogP contribution in [0.15, 0.2) is 27.9 Å². The van der Waals surface area contributed by atoms with Gasteiger partial charge < -0.3 is 14.4 Å². The summed E-state index contributed by atoms with van der Waals surface area (Å²) < 4.78 is 5.72. The number of aliphatic hydroxyl groups is 1. The number of furan rings is 1. The van der Waals surface area contributed by atoms with E-state index in [2.05, 4.69) is 0 Å². The van der Waals surface area contributed by atoms with Crippen molar-refractivity contribution >= 4 is 11.7 Å². The number of nitrogens with zero attached hydrogens (tertiary/aromatic N) is 1. The van der Waals surface area contributed by atoms with Gasteiger partial charge in [-0.15, -0.1) is 0 Å². The summed E-state index contributed by atoms with van der Waals surface area (Å²) in [7, 11) is 0. The van der Waals surface area contributed by atoms with Gasteiger partial charge in [-0.2, -0.15) is 0 Å². The molecule has 1 fully saturated rings. The summed E-state index contributed by atoms with van der Waals surface area (Å²) >= 11 is 0. The molecule has 3 rings (SSSR count). The summed E-state index contributed by atoms with van der Waals surface area (Å²) in [6, 6.07) is 3.06. The Morgan fingerprint density at radius 1 is 1.30 bits per heavy atom. The van der Waals surface area contributed by atoms with Crippen molar-refractivity contribution in [1.82, 2.24) is 4.90 Å². The van der Waals surface area contributed by atoms with E-state index in [-0.39, 0.29) is 23.3 Å². The molecule has 124 valence electrons. The molecule has 2 aliphatic rings. The monoisotopic (exact) mass is 317 g/mol. The van der Waals surface area contributed by atoms with Gasteiger partial charge in [-0.25, -0.2) is 0 Å². The van der Waals surface area contributed by atoms with Crippen LogP contribution in [0.1, 0.15) is 57.1 Å². The average Bonchev–Trinajstić information content (AvgIpc) is 3.20. The number of aliphatic hydroxyl groups excluding tert-OH is 1. The molecule has 0 radical (unpaired) electrons. The molecule has 1 amide bonds. The molecule has 1 aromatic heterocycles. The molecule has 0 spiro atoms. The predicted octanol–water partition coefficient (Wildman–Crippen LogP) is 3.45. The van der Waals surface area contributed by atoms with Crippen molar-refractivity contribution in [3.63, 3.8) is 0 Å². The molecule has 1 atom stereocenters.